The number of rotatable bonds is 2. The van der Waals surface area contributed by atoms with E-state index in [2.05, 4.69) is 30.6 Å². The summed E-state index contributed by atoms with van der Waals surface area (Å²) < 4.78 is 2.95. The molecule has 1 atom stereocenters. The molecular weight excluding hydrogens is 168 g/mol. The summed E-state index contributed by atoms with van der Waals surface area (Å²) in [7, 11) is 0. The highest BCUT2D eigenvalue weighted by molar-refractivity contribution is 7.71. The third-order valence-corrected chi connectivity index (χ3v) is 2.56. The molecule has 1 heterocycles. The monoisotopic (exact) mass is 184 g/mol. The first kappa shape index (κ1) is 9.52. The van der Waals surface area contributed by atoms with E-state index in [0.717, 1.165) is 10.3 Å². The fraction of sp³-hybridized carbons (Fsp3) is 0.667. The number of aryl methyl sites for hydroxylation is 1. The van der Waals surface area contributed by atoms with Gasteiger partial charge in [-0.25, -0.2) is 0 Å². The summed E-state index contributed by atoms with van der Waals surface area (Å²) in [4.78, 5) is 0. The Hall–Kier alpha value is -0.570. The van der Waals surface area contributed by atoms with Crippen LogP contribution < -0.4 is 0 Å². The third kappa shape index (κ3) is 1.78. The largest absolute Gasteiger partial charge is 0.302 e. The summed E-state index contributed by atoms with van der Waals surface area (Å²) in [5.74, 6) is 0.606. The second kappa shape index (κ2) is 3.44. The van der Waals surface area contributed by atoms with Gasteiger partial charge in [-0.05, 0) is 25.8 Å². The van der Waals surface area contributed by atoms with Crippen molar-refractivity contribution < 1.29 is 0 Å². The molecule has 1 rings (SSSR count). The lowest BCUT2D eigenvalue weighted by Gasteiger charge is -2.16. The van der Waals surface area contributed by atoms with E-state index in [9.17, 15) is 0 Å². The van der Waals surface area contributed by atoms with E-state index in [0.29, 0.717) is 12.0 Å². The molecule has 1 aromatic rings. The van der Waals surface area contributed by atoms with Crippen molar-refractivity contribution in [1.82, 2.24) is 9.78 Å². The lowest BCUT2D eigenvalue weighted by Crippen LogP contribution is -2.12. The topological polar surface area (TPSA) is 20.7 Å². The van der Waals surface area contributed by atoms with E-state index in [1.807, 2.05) is 13.0 Å². The molecule has 0 aliphatic carbocycles. The first-order chi connectivity index (χ1) is 5.52. The van der Waals surface area contributed by atoms with Gasteiger partial charge in [-0.1, -0.05) is 26.1 Å². The average molecular weight is 184 g/mol. The molecule has 0 fully saturated rings. The van der Waals surface area contributed by atoms with Crippen molar-refractivity contribution in [2.24, 2.45) is 5.92 Å². The van der Waals surface area contributed by atoms with Gasteiger partial charge in [-0.2, -0.15) is 0 Å². The van der Waals surface area contributed by atoms with Crippen LogP contribution in [0.1, 0.15) is 32.5 Å². The molecule has 2 nitrogen and oxygen atoms in total. The molecule has 0 aliphatic rings. The van der Waals surface area contributed by atoms with Crippen LogP contribution in [0.15, 0.2) is 6.07 Å². The van der Waals surface area contributed by atoms with Crippen LogP contribution in [-0.2, 0) is 0 Å². The molecule has 0 radical (unpaired) electrons. The van der Waals surface area contributed by atoms with Crippen LogP contribution in [0.4, 0.5) is 0 Å². The Morgan fingerprint density at radius 3 is 2.33 bits per heavy atom. The molecule has 0 spiro atoms. The number of hydrogen-bond acceptors (Lipinski definition) is 1. The molecule has 0 amide bonds. The molecule has 0 aromatic carbocycles. The first-order valence-electron chi connectivity index (χ1n) is 4.30. The second-order valence-corrected chi connectivity index (χ2v) is 4.05. The highest BCUT2D eigenvalue weighted by atomic mass is 32.1. The smallest absolute Gasteiger partial charge is 0.122 e. The van der Waals surface area contributed by atoms with Gasteiger partial charge in [0.25, 0.3) is 0 Å². The van der Waals surface area contributed by atoms with E-state index in [-0.39, 0.29) is 0 Å². The van der Waals surface area contributed by atoms with Crippen molar-refractivity contribution in [2.75, 3.05) is 0 Å². The minimum absolute atomic E-state index is 0.450. The van der Waals surface area contributed by atoms with Gasteiger partial charge in [-0.15, -0.1) is 0 Å². The summed E-state index contributed by atoms with van der Waals surface area (Å²) in [6.45, 7) is 8.60. The summed E-state index contributed by atoms with van der Waals surface area (Å²) in [6, 6.07) is 2.44. The van der Waals surface area contributed by atoms with Crippen LogP contribution in [0.25, 0.3) is 0 Å². The molecule has 0 aliphatic heterocycles. The predicted octanol–water partition coefficient (Wildman–Crippen LogP) is 3.07. The lowest BCUT2D eigenvalue weighted by atomic mass is 10.1. The highest BCUT2D eigenvalue weighted by Crippen LogP contribution is 2.16. The first-order valence-corrected chi connectivity index (χ1v) is 4.71. The van der Waals surface area contributed by atoms with Crippen molar-refractivity contribution in [3.63, 3.8) is 0 Å². The number of H-pyrrole nitrogens is 1. The SMILES string of the molecule is Cc1cc(=S)n(C(C)C(C)C)[nH]1. The Kier molecular flexibility index (Phi) is 2.73. The van der Waals surface area contributed by atoms with E-state index in [4.69, 9.17) is 12.2 Å². The maximum absolute atomic E-state index is 5.20. The minimum Gasteiger partial charge on any atom is -0.302 e. The van der Waals surface area contributed by atoms with Gasteiger partial charge < -0.3 is 5.10 Å². The summed E-state index contributed by atoms with van der Waals surface area (Å²) in [5.41, 5.74) is 1.13. The number of nitrogens with zero attached hydrogens (tertiary/aromatic N) is 1. The van der Waals surface area contributed by atoms with Crippen LogP contribution >= 0.6 is 12.2 Å². The van der Waals surface area contributed by atoms with E-state index < -0.39 is 0 Å². The Morgan fingerprint density at radius 1 is 1.42 bits per heavy atom. The molecule has 68 valence electrons. The van der Waals surface area contributed by atoms with E-state index in [1.54, 1.807) is 0 Å². The predicted molar refractivity (Wildman–Crippen MR) is 53.9 cm³/mol. The van der Waals surface area contributed by atoms with Gasteiger partial charge in [0, 0.05) is 5.69 Å². The van der Waals surface area contributed by atoms with Gasteiger partial charge >= 0.3 is 0 Å². The van der Waals surface area contributed by atoms with E-state index >= 15 is 0 Å². The fourth-order valence-electron chi connectivity index (χ4n) is 1.13. The lowest BCUT2D eigenvalue weighted by molar-refractivity contribution is 0.371. The molecule has 0 bridgehead atoms. The molecule has 0 saturated heterocycles. The molecule has 3 heteroatoms. The molecule has 1 unspecified atom stereocenters. The molecular formula is C9H16N2S. The quantitative estimate of drug-likeness (QED) is 0.700. The average Bonchev–Trinajstić information content (AvgIpc) is 2.28. The summed E-state index contributed by atoms with van der Waals surface area (Å²) in [5, 5.41) is 3.24. The normalized spacial score (nSPS) is 13.8. The van der Waals surface area contributed by atoms with Gasteiger partial charge in [-0.3, -0.25) is 4.68 Å². The van der Waals surface area contributed by atoms with Crippen molar-refractivity contribution >= 4 is 12.2 Å². The minimum atomic E-state index is 0.450. The Morgan fingerprint density at radius 2 is 2.00 bits per heavy atom. The number of aromatic amines is 1. The summed E-state index contributed by atoms with van der Waals surface area (Å²) in [6.07, 6.45) is 0. The van der Waals surface area contributed by atoms with Gasteiger partial charge in [0.05, 0.1) is 6.04 Å². The van der Waals surface area contributed by atoms with Crippen molar-refractivity contribution in [1.29, 1.82) is 0 Å². The Balaban J connectivity index is 3.02. The second-order valence-electron chi connectivity index (χ2n) is 3.63. The van der Waals surface area contributed by atoms with Crippen LogP contribution in [0.3, 0.4) is 0 Å². The number of hydrogen-bond donors (Lipinski definition) is 1. The maximum Gasteiger partial charge on any atom is 0.122 e. The standard InChI is InChI=1S/C9H16N2S/c1-6(2)8(4)11-9(12)5-7(3)10-11/h5-6,8,10H,1-4H3. The summed E-state index contributed by atoms with van der Waals surface area (Å²) >= 11 is 5.20. The van der Waals surface area contributed by atoms with Crippen LogP contribution in [-0.4, -0.2) is 9.78 Å². The van der Waals surface area contributed by atoms with Crippen LogP contribution in [0, 0.1) is 17.5 Å². The van der Waals surface area contributed by atoms with Crippen molar-refractivity contribution in [2.45, 2.75) is 33.7 Å². The van der Waals surface area contributed by atoms with Gasteiger partial charge in [0.1, 0.15) is 4.64 Å². The van der Waals surface area contributed by atoms with Crippen molar-refractivity contribution in [3.05, 3.63) is 16.4 Å². The Labute approximate surface area is 78.6 Å². The van der Waals surface area contributed by atoms with Gasteiger partial charge in [0.2, 0.25) is 0 Å². The highest BCUT2D eigenvalue weighted by Gasteiger charge is 2.10. The zero-order chi connectivity index (χ0) is 9.30. The Bertz CT molecular complexity index is 309. The molecule has 12 heavy (non-hydrogen) atoms. The molecule has 1 aromatic heterocycles. The van der Waals surface area contributed by atoms with Crippen LogP contribution in [0.2, 0.25) is 0 Å². The van der Waals surface area contributed by atoms with Crippen LogP contribution in [0.5, 0.6) is 0 Å². The zero-order valence-electron chi connectivity index (χ0n) is 8.09. The molecule has 1 N–H and O–H groups in total. The molecule has 0 saturated carbocycles. The van der Waals surface area contributed by atoms with Crippen molar-refractivity contribution in [3.8, 4) is 0 Å². The maximum atomic E-state index is 5.20. The van der Waals surface area contributed by atoms with Gasteiger partial charge in [0.15, 0.2) is 0 Å². The number of nitrogens with one attached hydrogen (secondary N) is 1. The van der Waals surface area contributed by atoms with E-state index in [1.165, 1.54) is 0 Å². The zero-order valence-corrected chi connectivity index (χ0v) is 8.90. The third-order valence-electron chi connectivity index (χ3n) is 2.25. The fourth-order valence-corrected chi connectivity index (χ4v) is 1.52. The number of aromatic nitrogens is 2.